The van der Waals surface area contributed by atoms with Gasteiger partial charge >= 0.3 is 0 Å². The minimum absolute atomic E-state index is 1.09. The Balaban J connectivity index is 1.60. The van der Waals surface area contributed by atoms with Gasteiger partial charge < -0.3 is 9.88 Å². The van der Waals surface area contributed by atoms with Crippen molar-refractivity contribution in [3.8, 4) is 0 Å². The molecule has 0 aliphatic carbocycles. The first-order valence-electron chi connectivity index (χ1n) is 8.60. The predicted octanol–water partition coefficient (Wildman–Crippen LogP) is 3.29. The zero-order chi connectivity index (χ0) is 15.4. The topological polar surface area (TPSA) is 34.3 Å². The minimum Gasteiger partial charge on any atom is -0.367 e. The standard InChI is InChI=1S/C18H28N4/c1-3-4-7-10-19-22-13-11-21(12-14-22)18-15(2)20-17-9-6-5-8-16(17)18/h5-6,8-9,19-20H,3-4,7,10-14H2,1-2H3. The van der Waals surface area contributed by atoms with Gasteiger partial charge in [0.15, 0.2) is 0 Å². The average molecular weight is 300 g/mol. The number of H-pyrrole nitrogens is 1. The van der Waals surface area contributed by atoms with E-state index in [1.807, 2.05) is 0 Å². The van der Waals surface area contributed by atoms with E-state index in [0.717, 1.165) is 32.7 Å². The lowest BCUT2D eigenvalue weighted by atomic mass is 10.2. The lowest BCUT2D eigenvalue weighted by molar-refractivity contribution is 0.175. The maximum absolute atomic E-state index is 3.57. The van der Waals surface area contributed by atoms with Crippen molar-refractivity contribution in [2.24, 2.45) is 0 Å². The second kappa shape index (κ2) is 7.16. The number of rotatable bonds is 6. The van der Waals surface area contributed by atoms with Crippen LogP contribution >= 0.6 is 0 Å². The molecule has 120 valence electrons. The molecule has 4 nitrogen and oxygen atoms in total. The van der Waals surface area contributed by atoms with Gasteiger partial charge in [-0.15, -0.1) is 0 Å². The third-order valence-electron chi connectivity index (χ3n) is 4.57. The number of piperazine rings is 1. The molecule has 0 bridgehead atoms. The SMILES string of the molecule is CCCCCNN1CCN(c2c(C)[nH]c3ccccc23)CC1. The Bertz CT molecular complexity index is 596. The molecule has 0 spiro atoms. The summed E-state index contributed by atoms with van der Waals surface area (Å²) in [5.74, 6) is 0. The first-order chi connectivity index (χ1) is 10.8. The normalized spacial score (nSPS) is 16.5. The number of aryl methyl sites for hydroxylation is 1. The first kappa shape index (κ1) is 15.4. The fraction of sp³-hybridized carbons (Fsp3) is 0.556. The summed E-state index contributed by atoms with van der Waals surface area (Å²) in [6.07, 6.45) is 3.88. The summed E-state index contributed by atoms with van der Waals surface area (Å²) >= 11 is 0. The molecule has 0 radical (unpaired) electrons. The Hall–Kier alpha value is -1.52. The molecule has 1 aliphatic heterocycles. The number of nitrogens with zero attached hydrogens (tertiary/aromatic N) is 2. The van der Waals surface area contributed by atoms with E-state index in [2.05, 4.69) is 58.4 Å². The zero-order valence-corrected chi connectivity index (χ0v) is 13.9. The van der Waals surface area contributed by atoms with Crippen molar-refractivity contribution in [3.05, 3.63) is 30.0 Å². The highest BCUT2D eigenvalue weighted by Crippen LogP contribution is 2.31. The van der Waals surface area contributed by atoms with Crippen molar-refractivity contribution in [1.82, 2.24) is 15.4 Å². The Morgan fingerprint density at radius 3 is 2.64 bits per heavy atom. The number of fused-ring (bicyclic) bond motifs is 1. The summed E-state index contributed by atoms with van der Waals surface area (Å²) in [5.41, 5.74) is 7.49. The van der Waals surface area contributed by atoms with Crippen molar-refractivity contribution in [1.29, 1.82) is 0 Å². The van der Waals surface area contributed by atoms with Crippen molar-refractivity contribution >= 4 is 16.6 Å². The molecule has 1 aromatic heterocycles. The molecule has 0 amide bonds. The van der Waals surface area contributed by atoms with E-state index in [-0.39, 0.29) is 0 Å². The van der Waals surface area contributed by atoms with Crippen LogP contribution in [0.25, 0.3) is 10.9 Å². The molecule has 1 aromatic carbocycles. The van der Waals surface area contributed by atoms with Crippen molar-refractivity contribution < 1.29 is 0 Å². The summed E-state index contributed by atoms with van der Waals surface area (Å²) in [6, 6.07) is 8.62. The van der Waals surface area contributed by atoms with Gasteiger partial charge in [0.05, 0.1) is 5.69 Å². The van der Waals surface area contributed by atoms with Gasteiger partial charge in [0.25, 0.3) is 0 Å². The van der Waals surface area contributed by atoms with Crippen molar-refractivity contribution in [2.45, 2.75) is 33.1 Å². The first-order valence-corrected chi connectivity index (χ1v) is 8.60. The van der Waals surface area contributed by atoms with E-state index >= 15 is 0 Å². The van der Waals surface area contributed by atoms with Crippen LogP contribution < -0.4 is 10.3 Å². The van der Waals surface area contributed by atoms with E-state index in [0.29, 0.717) is 0 Å². The minimum atomic E-state index is 1.09. The third kappa shape index (κ3) is 3.28. The highest BCUT2D eigenvalue weighted by molar-refractivity contribution is 5.94. The summed E-state index contributed by atoms with van der Waals surface area (Å²) in [6.45, 7) is 9.90. The number of nitrogens with one attached hydrogen (secondary N) is 2. The van der Waals surface area contributed by atoms with E-state index in [1.54, 1.807) is 0 Å². The lowest BCUT2D eigenvalue weighted by Gasteiger charge is -2.36. The average Bonchev–Trinajstić information content (AvgIpc) is 2.88. The number of hydrogen-bond donors (Lipinski definition) is 2. The molecule has 1 aliphatic rings. The molecule has 2 heterocycles. The van der Waals surface area contributed by atoms with Crippen LogP contribution in [-0.4, -0.2) is 42.7 Å². The van der Waals surface area contributed by atoms with Crippen LogP contribution in [0.4, 0.5) is 5.69 Å². The van der Waals surface area contributed by atoms with Gasteiger partial charge in [0.1, 0.15) is 0 Å². The number of hydrazine groups is 1. The van der Waals surface area contributed by atoms with Crippen LogP contribution in [0.5, 0.6) is 0 Å². The summed E-state index contributed by atoms with van der Waals surface area (Å²) in [7, 11) is 0. The number of aromatic nitrogens is 1. The van der Waals surface area contributed by atoms with Gasteiger partial charge in [0.2, 0.25) is 0 Å². The maximum atomic E-state index is 3.57. The smallest absolute Gasteiger partial charge is 0.0655 e. The molecule has 1 saturated heterocycles. The number of hydrogen-bond acceptors (Lipinski definition) is 3. The second-order valence-corrected chi connectivity index (χ2v) is 6.23. The van der Waals surface area contributed by atoms with Crippen LogP contribution in [0, 0.1) is 6.92 Å². The number of unbranched alkanes of at least 4 members (excludes halogenated alkanes) is 2. The molecule has 2 aromatic rings. The Labute approximate surface area is 133 Å². The number of aromatic amines is 1. The van der Waals surface area contributed by atoms with Gasteiger partial charge in [-0.2, -0.15) is 0 Å². The third-order valence-corrected chi connectivity index (χ3v) is 4.57. The number of anilines is 1. The fourth-order valence-corrected chi connectivity index (χ4v) is 3.37. The van der Waals surface area contributed by atoms with E-state index in [9.17, 15) is 0 Å². The molecule has 0 saturated carbocycles. The molecule has 0 atom stereocenters. The molecule has 4 heteroatoms. The molecule has 2 N–H and O–H groups in total. The number of para-hydroxylation sites is 1. The van der Waals surface area contributed by atoms with Gasteiger partial charge in [-0.3, -0.25) is 5.43 Å². The van der Waals surface area contributed by atoms with E-state index in [1.165, 1.54) is 41.5 Å². The zero-order valence-electron chi connectivity index (χ0n) is 13.9. The van der Waals surface area contributed by atoms with Gasteiger partial charge in [-0.05, 0) is 19.4 Å². The van der Waals surface area contributed by atoms with Crippen LogP contribution in [-0.2, 0) is 0 Å². The van der Waals surface area contributed by atoms with Crippen LogP contribution in [0.1, 0.15) is 31.9 Å². The molecular formula is C18H28N4. The largest absolute Gasteiger partial charge is 0.367 e. The highest BCUT2D eigenvalue weighted by atomic mass is 15.5. The predicted molar refractivity (Wildman–Crippen MR) is 94.3 cm³/mol. The molecular weight excluding hydrogens is 272 g/mol. The van der Waals surface area contributed by atoms with Crippen LogP contribution in [0.3, 0.4) is 0 Å². The Kier molecular flexibility index (Phi) is 5.01. The summed E-state index contributed by atoms with van der Waals surface area (Å²) in [5, 5.41) is 3.74. The molecule has 22 heavy (non-hydrogen) atoms. The number of benzene rings is 1. The fourth-order valence-electron chi connectivity index (χ4n) is 3.37. The van der Waals surface area contributed by atoms with Gasteiger partial charge in [0, 0.05) is 49.3 Å². The monoisotopic (exact) mass is 300 g/mol. The molecule has 0 unspecified atom stereocenters. The maximum Gasteiger partial charge on any atom is 0.0655 e. The summed E-state index contributed by atoms with van der Waals surface area (Å²) < 4.78 is 0. The van der Waals surface area contributed by atoms with E-state index < -0.39 is 0 Å². The van der Waals surface area contributed by atoms with Crippen LogP contribution in [0.2, 0.25) is 0 Å². The lowest BCUT2D eigenvalue weighted by Crippen LogP contribution is -2.52. The molecule has 1 fully saturated rings. The van der Waals surface area contributed by atoms with Gasteiger partial charge in [-0.1, -0.05) is 38.0 Å². The van der Waals surface area contributed by atoms with E-state index in [4.69, 9.17) is 0 Å². The van der Waals surface area contributed by atoms with Crippen LogP contribution in [0.15, 0.2) is 24.3 Å². The highest BCUT2D eigenvalue weighted by Gasteiger charge is 2.20. The quantitative estimate of drug-likeness (QED) is 0.803. The van der Waals surface area contributed by atoms with Crippen molar-refractivity contribution in [3.63, 3.8) is 0 Å². The second-order valence-electron chi connectivity index (χ2n) is 6.23. The summed E-state index contributed by atoms with van der Waals surface area (Å²) in [4.78, 5) is 6.04. The van der Waals surface area contributed by atoms with Crippen molar-refractivity contribution in [2.75, 3.05) is 37.6 Å². The molecule has 3 rings (SSSR count). The Morgan fingerprint density at radius 2 is 1.86 bits per heavy atom. The van der Waals surface area contributed by atoms with Gasteiger partial charge in [-0.25, -0.2) is 5.01 Å². The Morgan fingerprint density at radius 1 is 1.09 bits per heavy atom.